The van der Waals surface area contributed by atoms with Gasteiger partial charge in [-0.15, -0.1) is 0 Å². The van der Waals surface area contributed by atoms with Crippen molar-refractivity contribution in [3.05, 3.63) is 6.61 Å². The van der Waals surface area contributed by atoms with Crippen molar-refractivity contribution in [3.63, 3.8) is 0 Å². The summed E-state index contributed by atoms with van der Waals surface area (Å²) < 4.78 is 140. The predicted molar refractivity (Wildman–Crippen MR) is 34.8 cm³/mol. The fourth-order valence-corrected chi connectivity index (χ4v) is 1.41. The summed E-state index contributed by atoms with van der Waals surface area (Å²) in [5.74, 6) is -35.5. The van der Waals surface area contributed by atoms with Gasteiger partial charge in [-0.25, -0.2) is 4.39 Å². The first kappa shape index (κ1) is 16.2. The summed E-state index contributed by atoms with van der Waals surface area (Å²) in [4.78, 5) is 0. The highest BCUT2D eigenvalue weighted by Crippen LogP contribution is 2.69. The van der Waals surface area contributed by atoms with Crippen LogP contribution in [0.3, 0.4) is 0 Å². The van der Waals surface area contributed by atoms with E-state index in [-0.39, 0.29) is 0 Å². The molecule has 0 amide bonds. The van der Waals surface area contributed by atoms with Gasteiger partial charge in [-0.3, -0.25) is 0 Å². The van der Waals surface area contributed by atoms with E-state index in [0.717, 1.165) is 0 Å². The minimum Gasteiger partial charge on any atom is -0.386 e. The van der Waals surface area contributed by atoms with Crippen LogP contribution in [0.15, 0.2) is 0 Å². The number of rotatable bonds is 1. The van der Waals surface area contributed by atoms with Crippen LogP contribution in [0.4, 0.5) is 48.3 Å². The van der Waals surface area contributed by atoms with Crippen molar-refractivity contribution in [2.24, 2.45) is 0 Å². The molecular weight excluding hydrogens is 309 g/mol. The van der Waals surface area contributed by atoms with Crippen LogP contribution >= 0.6 is 0 Å². The van der Waals surface area contributed by atoms with Gasteiger partial charge in [0.15, 0.2) is 0 Å². The van der Waals surface area contributed by atoms with E-state index in [0.29, 0.717) is 0 Å². The minimum atomic E-state index is -7.24. The van der Waals surface area contributed by atoms with E-state index in [1.807, 2.05) is 0 Å². The molecule has 0 atom stereocenters. The third-order valence-electron chi connectivity index (χ3n) is 2.67. The van der Waals surface area contributed by atoms with E-state index in [9.17, 15) is 48.3 Å². The molecule has 0 aromatic rings. The molecule has 1 nitrogen and oxygen atoms in total. The lowest BCUT2D eigenvalue weighted by Crippen LogP contribution is -2.83. The Morgan fingerprint density at radius 2 is 0.684 bits per heavy atom. The third kappa shape index (κ3) is 1.26. The summed E-state index contributed by atoms with van der Waals surface area (Å²) in [6.45, 7) is -1.98. The van der Waals surface area contributed by atoms with Crippen LogP contribution < -0.4 is 0 Å². The monoisotopic (exact) mass is 311 g/mol. The van der Waals surface area contributed by atoms with E-state index in [4.69, 9.17) is 5.11 Å². The first-order chi connectivity index (χ1) is 8.06. The molecule has 1 radical (unpaired) electrons. The molecule has 0 unspecified atom stereocenters. The topological polar surface area (TPSA) is 20.2 Å². The Hall–Kier alpha value is -0.810. The summed E-state index contributed by atoms with van der Waals surface area (Å²) in [5, 5.41) is 7.88. The zero-order valence-corrected chi connectivity index (χ0v) is 8.18. The van der Waals surface area contributed by atoms with Crippen LogP contribution in [0.25, 0.3) is 0 Å². The van der Waals surface area contributed by atoms with Crippen molar-refractivity contribution in [3.8, 4) is 0 Å². The van der Waals surface area contributed by atoms with Crippen molar-refractivity contribution in [2.45, 2.75) is 35.3 Å². The van der Waals surface area contributed by atoms with Crippen molar-refractivity contribution < 1.29 is 53.4 Å². The van der Waals surface area contributed by atoms with E-state index >= 15 is 0 Å². The SMILES string of the molecule is O[CH]C1(F)C(F)(F)C(F)(F)C(F)(F)C(F)(F)C1(F)F. The predicted octanol–water partition coefficient (Wildman–Crippen LogP) is 3.42. The molecule has 1 saturated carbocycles. The molecule has 12 heteroatoms. The van der Waals surface area contributed by atoms with Gasteiger partial charge in [0.05, 0.1) is 0 Å². The molecule has 0 spiro atoms. The molecule has 1 rings (SSSR count). The Balaban J connectivity index is 3.76. The van der Waals surface area contributed by atoms with Crippen LogP contribution in [0.2, 0.25) is 0 Å². The van der Waals surface area contributed by atoms with Crippen molar-refractivity contribution in [1.29, 1.82) is 0 Å². The van der Waals surface area contributed by atoms with Gasteiger partial charge < -0.3 is 5.11 Å². The summed E-state index contributed by atoms with van der Waals surface area (Å²) in [6, 6.07) is 0. The molecular formula is C7H2F11O. The Morgan fingerprint density at radius 3 is 0.895 bits per heavy atom. The molecule has 1 N–H and O–H groups in total. The largest absolute Gasteiger partial charge is 0.386 e. The molecule has 0 heterocycles. The van der Waals surface area contributed by atoms with Gasteiger partial charge in [-0.05, 0) is 0 Å². The van der Waals surface area contributed by atoms with Crippen LogP contribution in [-0.2, 0) is 0 Å². The molecule has 0 aliphatic heterocycles. The van der Waals surface area contributed by atoms with Crippen molar-refractivity contribution >= 4 is 0 Å². The summed E-state index contributed by atoms with van der Waals surface area (Å²) in [6.07, 6.45) is 0. The van der Waals surface area contributed by atoms with Gasteiger partial charge in [-0.1, -0.05) is 0 Å². The molecule has 113 valence electrons. The fourth-order valence-electron chi connectivity index (χ4n) is 1.41. The second-order valence-electron chi connectivity index (χ2n) is 3.71. The Labute approximate surface area is 96.5 Å². The molecule has 19 heavy (non-hydrogen) atoms. The smallest absolute Gasteiger partial charge is 0.384 e. The molecule has 0 aromatic carbocycles. The Morgan fingerprint density at radius 1 is 0.474 bits per heavy atom. The van der Waals surface area contributed by atoms with Crippen molar-refractivity contribution in [2.75, 3.05) is 0 Å². The van der Waals surface area contributed by atoms with E-state index in [1.54, 1.807) is 0 Å². The van der Waals surface area contributed by atoms with Crippen LogP contribution in [-0.4, -0.2) is 40.4 Å². The zero-order valence-electron chi connectivity index (χ0n) is 8.18. The average Bonchev–Trinajstić information content (AvgIpc) is 2.24. The number of aliphatic hydroxyl groups excluding tert-OH is 1. The maximum Gasteiger partial charge on any atom is 0.384 e. The summed E-state index contributed by atoms with van der Waals surface area (Å²) in [7, 11) is 0. The standard InChI is InChI=1S/C7H2F11O/c8-2(1-19)3(9,10)5(13,14)7(17,18)6(15,16)4(2,11)12/h1,19H. The molecule has 0 aromatic heterocycles. The minimum absolute atomic E-state index is 1.98. The number of hydrogen-bond acceptors (Lipinski definition) is 1. The summed E-state index contributed by atoms with van der Waals surface area (Å²) >= 11 is 0. The lowest BCUT2D eigenvalue weighted by atomic mass is 9.72. The van der Waals surface area contributed by atoms with E-state index < -0.39 is 41.9 Å². The van der Waals surface area contributed by atoms with Gasteiger partial charge in [0.1, 0.15) is 6.61 Å². The maximum atomic E-state index is 13.1. The third-order valence-corrected chi connectivity index (χ3v) is 2.67. The first-order valence-electron chi connectivity index (χ1n) is 4.13. The molecule has 1 aliphatic carbocycles. The number of halogens is 11. The van der Waals surface area contributed by atoms with E-state index in [1.165, 1.54) is 0 Å². The quantitative estimate of drug-likeness (QED) is 0.736. The van der Waals surface area contributed by atoms with Gasteiger partial charge in [-0.2, -0.15) is 43.9 Å². The van der Waals surface area contributed by atoms with Crippen LogP contribution in [0.5, 0.6) is 0 Å². The maximum absolute atomic E-state index is 13.1. The molecule has 0 saturated heterocycles. The van der Waals surface area contributed by atoms with Crippen LogP contribution in [0, 0.1) is 6.61 Å². The van der Waals surface area contributed by atoms with Gasteiger partial charge in [0, 0.05) is 0 Å². The second-order valence-corrected chi connectivity index (χ2v) is 3.71. The number of aliphatic hydroxyl groups is 1. The molecule has 1 fully saturated rings. The van der Waals surface area contributed by atoms with Crippen molar-refractivity contribution in [1.82, 2.24) is 0 Å². The first-order valence-corrected chi connectivity index (χ1v) is 4.13. The number of hydrogen-bond donors (Lipinski definition) is 1. The highest BCUT2D eigenvalue weighted by molar-refractivity contribution is 5.28. The Bertz CT molecular complexity index is 357. The highest BCUT2D eigenvalue weighted by Gasteiger charge is 3.01. The second kappa shape index (κ2) is 3.44. The fraction of sp³-hybridized carbons (Fsp3) is 0.857. The lowest BCUT2D eigenvalue weighted by molar-refractivity contribution is -0.482. The van der Waals surface area contributed by atoms with Crippen LogP contribution in [0.1, 0.15) is 0 Å². The van der Waals surface area contributed by atoms with Gasteiger partial charge >= 0.3 is 29.6 Å². The normalized spacial score (nSPS) is 32.8. The van der Waals surface area contributed by atoms with E-state index in [2.05, 4.69) is 0 Å². The highest BCUT2D eigenvalue weighted by atomic mass is 19.4. The average molecular weight is 311 g/mol. The van der Waals surface area contributed by atoms with Gasteiger partial charge in [0.25, 0.3) is 5.67 Å². The zero-order chi connectivity index (χ0) is 15.7. The van der Waals surface area contributed by atoms with Gasteiger partial charge in [0.2, 0.25) is 0 Å². The molecule has 1 aliphatic rings. The number of alkyl halides is 11. The Kier molecular flexibility index (Phi) is 2.94. The summed E-state index contributed by atoms with van der Waals surface area (Å²) in [5.41, 5.74) is -6.38. The molecule has 0 bridgehead atoms. The lowest BCUT2D eigenvalue weighted by Gasteiger charge is -2.51.